The number of amides is 2. The van der Waals surface area contributed by atoms with Crippen molar-refractivity contribution in [3.05, 3.63) is 59.3 Å². The normalized spacial score (nSPS) is 18.9. The van der Waals surface area contributed by atoms with Crippen LogP contribution in [0.15, 0.2) is 42.5 Å². The second kappa shape index (κ2) is 8.77. The van der Waals surface area contributed by atoms with Gasteiger partial charge in [0, 0.05) is 29.2 Å². The van der Waals surface area contributed by atoms with E-state index in [9.17, 15) is 4.79 Å². The number of fused-ring (bicyclic) bond motifs is 3. The van der Waals surface area contributed by atoms with E-state index in [1.807, 2.05) is 29.2 Å². The van der Waals surface area contributed by atoms with Crippen LogP contribution in [0.25, 0.3) is 10.9 Å². The molecule has 0 spiro atoms. The Morgan fingerprint density at radius 3 is 2.59 bits per heavy atom. The minimum Gasteiger partial charge on any atom is -0.497 e. The summed E-state index contributed by atoms with van der Waals surface area (Å²) in [4.78, 5) is 19.1. The molecule has 0 radical (unpaired) electrons. The number of carbonyl (C=O) groups is 1. The molecule has 6 heteroatoms. The minimum absolute atomic E-state index is 0.0200. The fraction of sp³-hybridized carbons (Fsp3) is 0.423. The first kappa shape index (κ1) is 20.7. The number of urea groups is 1. The molecule has 2 N–H and O–H groups in total. The van der Waals surface area contributed by atoms with E-state index < -0.39 is 0 Å². The standard InChI is InChI=1S/C26H31N3O3/c1-31-19-10-6-7-17(15-19)25-24-21(22-16-20(32-2)11-12-23(22)28-24)13-14-29(25)26(30)27-18-8-4-3-5-9-18/h6-7,10-12,15-16,18,25,28H,3-5,8-9,13-14H2,1-2H3,(H,27,30)/t25-/m0/s1. The molecule has 0 saturated heterocycles. The molecule has 6 nitrogen and oxygen atoms in total. The highest BCUT2D eigenvalue weighted by molar-refractivity contribution is 5.87. The Hall–Kier alpha value is -3.15. The molecule has 2 heterocycles. The van der Waals surface area contributed by atoms with Gasteiger partial charge in [0.2, 0.25) is 0 Å². The van der Waals surface area contributed by atoms with E-state index in [0.717, 1.165) is 47.5 Å². The minimum atomic E-state index is -0.198. The van der Waals surface area contributed by atoms with Gasteiger partial charge in [0.15, 0.2) is 0 Å². The summed E-state index contributed by atoms with van der Waals surface area (Å²) in [5.41, 5.74) is 4.45. The van der Waals surface area contributed by atoms with Gasteiger partial charge in [-0.15, -0.1) is 0 Å². The Labute approximate surface area is 188 Å². The zero-order chi connectivity index (χ0) is 22.1. The number of hydrogen-bond donors (Lipinski definition) is 2. The summed E-state index contributed by atoms with van der Waals surface area (Å²) in [6.07, 6.45) is 6.60. The first-order valence-corrected chi connectivity index (χ1v) is 11.6. The van der Waals surface area contributed by atoms with Gasteiger partial charge >= 0.3 is 6.03 Å². The van der Waals surface area contributed by atoms with Crippen molar-refractivity contribution < 1.29 is 14.3 Å². The van der Waals surface area contributed by atoms with E-state index in [1.54, 1.807) is 14.2 Å². The molecule has 168 valence electrons. The van der Waals surface area contributed by atoms with E-state index in [0.29, 0.717) is 6.54 Å². The largest absolute Gasteiger partial charge is 0.497 e. The van der Waals surface area contributed by atoms with Crippen LogP contribution >= 0.6 is 0 Å². The summed E-state index contributed by atoms with van der Waals surface area (Å²) in [5, 5.41) is 4.49. The van der Waals surface area contributed by atoms with E-state index in [2.05, 4.69) is 28.5 Å². The average Bonchev–Trinajstić information content (AvgIpc) is 3.21. The third kappa shape index (κ3) is 3.78. The number of benzene rings is 2. The number of ether oxygens (including phenoxy) is 2. The molecule has 2 aromatic carbocycles. The van der Waals surface area contributed by atoms with Gasteiger partial charge in [-0.3, -0.25) is 0 Å². The third-order valence-electron chi connectivity index (χ3n) is 6.94. The number of rotatable bonds is 4. The highest BCUT2D eigenvalue weighted by Crippen LogP contribution is 2.40. The number of aromatic amines is 1. The molecule has 5 rings (SSSR count). The lowest BCUT2D eigenvalue weighted by Gasteiger charge is -2.37. The van der Waals surface area contributed by atoms with E-state index in [-0.39, 0.29) is 18.1 Å². The van der Waals surface area contributed by atoms with Gasteiger partial charge in [0.05, 0.1) is 20.3 Å². The van der Waals surface area contributed by atoms with Crippen LogP contribution in [0.5, 0.6) is 11.5 Å². The predicted molar refractivity (Wildman–Crippen MR) is 126 cm³/mol. The van der Waals surface area contributed by atoms with Gasteiger partial charge in [-0.05, 0) is 60.7 Å². The fourth-order valence-electron chi connectivity index (χ4n) is 5.28. The molecule has 2 amide bonds. The molecule has 1 fully saturated rings. The van der Waals surface area contributed by atoms with Crippen molar-refractivity contribution in [1.29, 1.82) is 0 Å². The van der Waals surface area contributed by atoms with E-state index in [1.165, 1.54) is 30.2 Å². The maximum atomic E-state index is 13.5. The molecular weight excluding hydrogens is 402 g/mol. The molecular formula is C26H31N3O3. The number of carbonyl (C=O) groups excluding carboxylic acids is 1. The Balaban J connectivity index is 1.56. The molecule has 1 aliphatic carbocycles. The van der Waals surface area contributed by atoms with Crippen LogP contribution in [0, 0.1) is 0 Å². The zero-order valence-electron chi connectivity index (χ0n) is 18.8. The van der Waals surface area contributed by atoms with Crippen LogP contribution in [-0.4, -0.2) is 42.7 Å². The first-order valence-electron chi connectivity index (χ1n) is 11.6. The fourth-order valence-corrected chi connectivity index (χ4v) is 5.28. The molecule has 0 unspecified atom stereocenters. The lowest BCUT2D eigenvalue weighted by atomic mass is 9.92. The number of nitrogens with one attached hydrogen (secondary N) is 2. The number of aromatic nitrogens is 1. The molecule has 3 aromatic rings. The Kier molecular flexibility index (Phi) is 5.68. The van der Waals surface area contributed by atoms with Crippen molar-refractivity contribution in [1.82, 2.24) is 15.2 Å². The maximum Gasteiger partial charge on any atom is 0.318 e. The van der Waals surface area contributed by atoms with Gasteiger partial charge in [0.25, 0.3) is 0 Å². The summed E-state index contributed by atoms with van der Waals surface area (Å²) in [5.74, 6) is 1.63. The predicted octanol–water partition coefficient (Wildman–Crippen LogP) is 5.17. The van der Waals surface area contributed by atoms with Gasteiger partial charge in [-0.25, -0.2) is 4.79 Å². The summed E-state index contributed by atoms with van der Waals surface area (Å²) >= 11 is 0. The molecule has 2 aliphatic rings. The highest BCUT2D eigenvalue weighted by atomic mass is 16.5. The van der Waals surface area contributed by atoms with Gasteiger partial charge in [0.1, 0.15) is 11.5 Å². The Bertz CT molecular complexity index is 1120. The van der Waals surface area contributed by atoms with Crippen LogP contribution in [0.3, 0.4) is 0 Å². The van der Waals surface area contributed by atoms with Crippen LogP contribution in [0.4, 0.5) is 4.79 Å². The van der Waals surface area contributed by atoms with Crippen molar-refractivity contribution in [3.63, 3.8) is 0 Å². The summed E-state index contributed by atoms with van der Waals surface area (Å²) in [6.45, 7) is 0.664. The molecule has 1 atom stereocenters. The Morgan fingerprint density at radius 1 is 1.03 bits per heavy atom. The number of H-pyrrole nitrogens is 1. The first-order chi connectivity index (χ1) is 15.7. The number of hydrogen-bond acceptors (Lipinski definition) is 3. The average molecular weight is 434 g/mol. The smallest absolute Gasteiger partial charge is 0.318 e. The Morgan fingerprint density at radius 2 is 1.81 bits per heavy atom. The van der Waals surface area contributed by atoms with Crippen LogP contribution in [0.1, 0.15) is 55.0 Å². The van der Waals surface area contributed by atoms with Gasteiger partial charge in [-0.1, -0.05) is 31.4 Å². The third-order valence-corrected chi connectivity index (χ3v) is 6.94. The van der Waals surface area contributed by atoms with Crippen molar-refractivity contribution in [2.24, 2.45) is 0 Å². The lowest BCUT2D eigenvalue weighted by molar-refractivity contribution is 0.172. The number of methoxy groups -OCH3 is 2. The summed E-state index contributed by atoms with van der Waals surface area (Å²) in [7, 11) is 3.37. The van der Waals surface area contributed by atoms with Gasteiger partial charge in [-0.2, -0.15) is 0 Å². The number of nitrogens with zero attached hydrogens (tertiary/aromatic N) is 1. The molecule has 1 saturated carbocycles. The molecule has 1 aromatic heterocycles. The molecule has 0 bridgehead atoms. The second-order valence-corrected chi connectivity index (χ2v) is 8.84. The van der Waals surface area contributed by atoms with Crippen LogP contribution in [0.2, 0.25) is 0 Å². The van der Waals surface area contributed by atoms with Crippen LogP contribution in [-0.2, 0) is 6.42 Å². The highest BCUT2D eigenvalue weighted by Gasteiger charge is 2.35. The summed E-state index contributed by atoms with van der Waals surface area (Å²) < 4.78 is 11.0. The van der Waals surface area contributed by atoms with E-state index >= 15 is 0 Å². The topological polar surface area (TPSA) is 66.6 Å². The summed E-state index contributed by atoms with van der Waals surface area (Å²) in [6, 6.07) is 14.3. The van der Waals surface area contributed by atoms with Crippen molar-refractivity contribution in [2.75, 3.05) is 20.8 Å². The van der Waals surface area contributed by atoms with Crippen LogP contribution < -0.4 is 14.8 Å². The van der Waals surface area contributed by atoms with Crippen molar-refractivity contribution in [3.8, 4) is 11.5 Å². The molecule has 1 aliphatic heterocycles. The molecule has 32 heavy (non-hydrogen) atoms. The SMILES string of the molecule is COc1cccc([C@H]2c3[nH]c4ccc(OC)cc4c3CCN2C(=O)NC2CCCCC2)c1. The van der Waals surface area contributed by atoms with Gasteiger partial charge < -0.3 is 24.7 Å². The monoisotopic (exact) mass is 433 g/mol. The quantitative estimate of drug-likeness (QED) is 0.596. The van der Waals surface area contributed by atoms with E-state index in [4.69, 9.17) is 9.47 Å². The van der Waals surface area contributed by atoms with Crippen molar-refractivity contribution in [2.45, 2.75) is 50.6 Å². The lowest BCUT2D eigenvalue weighted by Crippen LogP contribution is -2.49. The maximum absolute atomic E-state index is 13.5. The second-order valence-electron chi connectivity index (χ2n) is 8.84. The zero-order valence-corrected chi connectivity index (χ0v) is 18.8. The van der Waals surface area contributed by atoms with Crippen molar-refractivity contribution >= 4 is 16.9 Å².